The third-order valence-corrected chi connectivity index (χ3v) is 4.19. The van der Waals surface area contributed by atoms with Crippen LogP contribution in [-0.4, -0.2) is 13.0 Å². The number of carbonyl (C=O) groups excluding carboxylic acids is 1. The van der Waals surface area contributed by atoms with Crippen molar-refractivity contribution in [2.45, 2.75) is 25.8 Å². The van der Waals surface area contributed by atoms with Crippen LogP contribution in [0.2, 0.25) is 5.02 Å². The van der Waals surface area contributed by atoms with Crippen LogP contribution in [0.4, 0.5) is 5.69 Å². The van der Waals surface area contributed by atoms with Crippen LogP contribution in [0.15, 0.2) is 28.9 Å². The van der Waals surface area contributed by atoms with E-state index in [0.717, 1.165) is 34.6 Å². The summed E-state index contributed by atoms with van der Waals surface area (Å²) in [5.41, 5.74) is 3.84. The predicted octanol–water partition coefficient (Wildman–Crippen LogP) is 3.30. The first-order chi connectivity index (χ1) is 10.1. The third kappa shape index (κ3) is 2.45. The molecule has 0 radical (unpaired) electrons. The van der Waals surface area contributed by atoms with E-state index in [1.54, 1.807) is 6.26 Å². The summed E-state index contributed by atoms with van der Waals surface area (Å²) in [4.78, 5) is 11.5. The maximum Gasteiger partial charge on any atom is 0.228 e. The molecule has 1 amide bonds. The van der Waals surface area contributed by atoms with Gasteiger partial charge in [0.2, 0.25) is 5.91 Å². The van der Waals surface area contributed by atoms with Gasteiger partial charge in [-0.3, -0.25) is 4.79 Å². The number of benzene rings is 1. The van der Waals surface area contributed by atoms with Gasteiger partial charge >= 0.3 is 0 Å². The molecule has 110 valence electrons. The Bertz CT molecular complexity index is 694. The summed E-state index contributed by atoms with van der Waals surface area (Å²) in [5.74, 6) is 0.955. The molecule has 5 heteroatoms. The average Bonchev–Trinajstić information content (AvgIpc) is 3.05. The normalized spacial score (nSPS) is 14.9. The van der Waals surface area contributed by atoms with Crippen molar-refractivity contribution in [1.82, 2.24) is 5.32 Å². The maximum absolute atomic E-state index is 11.5. The third-order valence-electron chi connectivity index (χ3n) is 3.86. The Hall–Kier alpha value is -1.78. The second kappa shape index (κ2) is 5.54. The zero-order valence-corrected chi connectivity index (χ0v) is 12.8. The van der Waals surface area contributed by atoms with Crippen LogP contribution < -0.4 is 10.6 Å². The molecule has 1 aliphatic rings. The quantitative estimate of drug-likeness (QED) is 0.911. The van der Waals surface area contributed by atoms with Crippen molar-refractivity contribution in [2.75, 3.05) is 12.4 Å². The average molecular weight is 305 g/mol. The Morgan fingerprint density at radius 2 is 2.24 bits per heavy atom. The molecule has 1 unspecified atom stereocenters. The van der Waals surface area contributed by atoms with E-state index >= 15 is 0 Å². The molecule has 1 aromatic heterocycles. The molecule has 1 aromatic carbocycles. The molecule has 0 saturated carbocycles. The van der Waals surface area contributed by atoms with Crippen LogP contribution in [0.1, 0.15) is 35.4 Å². The van der Waals surface area contributed by atoms with Gasteiger partial charge in [0.1, 0.15) is 5.76 Å². The fourth-order valence-electron chi connectivity index (χ4n) is 2.86. The van der Waals surface area contributed by atoms with Crippen molar-refractivity contribution in [3.8, 4) is 0 Å². The number of furan rings is 1. The van der Waals surface area contributed by atoms with E-state index in [2.05, 4.69) is 17.6 Å². The van der Waals surface area contributed by atoms with E-state index in [4.69, 9.17) is 16.0 Å². The van der Waals surface area contributed by atoms with Crippen molar-refractivity contribution in [3.63, 3.8) is 0 Å². The minimum Gasteiger partial charge on any atom is -0.469 e. The van der Waals surface area contributed by atoms with Gasteiger partial charge in [0.05, 0.1) is 18.7 Å². The number of halogens is 1. The van der Waals surface area contributed by atoms with Gasteiger partial charge in [0.15, 0.2) is 0 Å². The lowest BCUT2D eigenvalue weighted by atomic mass is 9.96. The van der Waals surface area contributed by atoms with Crippen molar-refractivity contribution in [1.29, 1.82) is 0 Å². The van der Waals surface area contributed by atoms with Crippen LogP contribution in [-0.2, 0) is 17.6 Å². The van der Waals surface area contributed by atoms with Gasteiger partial charge in [-0.1, -0.05) is 18.5 Å². The van der Waals surface area contributed by atoms with Crippen molar-refractivity contribution in [3.05, 3.63) is 51.9 Å². The number of anilines is 1. The van der Waals surface area contributed by atoms with E-state index < -0.39 is 0 Å². The molecule has 2 heterocycles. The first kappa shape index (κ1) is 14.2. The van der Waals surface area contributed by atoms with Crippen LogP contribution in [0.3, 0.4) is 0 Å². The smallest absolute Gasteiger partial charge is 0.228 e. The Morgan fingerprint density at radius 1 is 1.43 bits per heavy atom. The second-order valence-electron chi connectivity index (χ2n) is 5.13. The molecule has 0 saturated heterocycles. The molecule has 21 heavy (non-hydrogen) atoms. The first-order valence-electron chi connectivity index (χ1n) is 6.99. The number of nitrogens with one attached hydrogen (secondary N) is 2. The van der Waals surface area contributed by atoms with Gasteiger partial charge in [-0.05, 0) is 36.4 Å². The Morgan fingerprint density at radius 3 is 2.95 bits per heavy atom. The van der Waals surface area contributed by atoms with E-state index in [1.807, 2.05) is 25.2 Å². The molecule has 1 atom stereocenters. The molecule has 3 rings (SSSR count). The fraction of sp³-hybridized carbons (Fsp3) is 0.312. The van der Waals surface area contributed by atoms with E-state index in [0.29, 0.717) is 11.4 Å². The summed E-state index contributed by atoms with van der Waals surface area (Å²) >= 11 is 6.42. The lowest BCUT2D eigenvalue weighted by Gasteiger charge is -2.19. The zero-order valence-electron chi connectivity index (χ0n) is 12.0. The molecule has 0 spiro atoms. The molecule has 2 aromatic rings. The monoisotopic (exact) mass is 304 g/mol. The van der Waals surface area contributed by atoms with Gasteiger partial charge in [0.25, 0.3) is 0 Å². The van der Waals surface area contributed by atoms with Crippen LogP contribution in [0, 0.1) is 0 Å². The van der Waals surface area contributed by atoms with E-state index in [-0.39, 0.29) is 11.9 Å². The van der Waals surface area contributed by atoms with Gasteiger partial charge in [-0.15, -0.1) is 0 Å². The molecule has 0 fully saturated rings. The highest BCUT2D eigenvalue weighted by atomic mass is 35.5. The number of rotatable bonds is 4. The number of carbonyl (C=O) groups is 1. The van der Waals surface area contributed by atoms with Crippen LogP contribution >= 0.6 is 11.6 Å². The number of amides is 1. The van der Waals surface area contributed by atoms with E-state index in [1.165, 1.54) is 0 Å². The molecule has 1 aliphatic heterocycles. The number of hydrogen-bond acceptors (Lipinski definition) is 3. The Balaban J connectivity index is 2.06. The number of fused-ring (bicyclic) bond motifs is 1. The summed E-state index contributed by atoms with van der Waals surface area (Å²) < 4.78 is 5.52. The SMILES string of the molecule is CCc1occc1C(NC)c1cc2c(cc1Cl)NC(=O)C2. The van der Waals surface area contributed by atoms with Crippen molar-refractivity contribution < 1.29 is 9.21 Å². The van der Waals surface area contributed by atoms with Gasteiger partial charge in [-0.25, -0.2) is 0 Å². The van der Waals surface area contributed by atoms with Gasteiger partial charge < -0.3 is 15.1 Å². The topological polar surface area (TPSA) is 54.3 Å². The predicted molar refractivity (Wildman–Crippen MR) is 82.8 cm³/mol. The van der Waals surface area contributed by atoms with Crippen LogP contribution in [0.25, 0.3) is 0 Å². The largest absolute Gasteiger partial charge is 0.469 e. The summed E-state index contributed by atoms with van der Waals surface area (Å²) in [5, 5.41) is 6.74. The number of hydrogen-bond donors (Lipinski definition) is 2. The van der Waals surface area contributed by atoms with Crippen LogP contribution in [0.5, 0.6) is 0 Å². The standard InChI is InChI=1S/C16H17ClN2O2/c1-3-14-10(4-5-21-14)16(18-2)11-6-9-7-15(20)19-13(9)8-12(11)17/h4-6,8,16,18H,3,7H2,1-2H3,(H,19,20). The molecule has 2 N–H and O–H groups in total. The lowest BCUT2D eigenvalue weighted by molar-refractivity contribution is -0.115. The summed E-state index contributed by atoms with van der Waals surface area (Å²) in [6.07, 6.45) is 2.93. The van der Waals surface area contributed by atoms with Gasteiger partial charge in [-0.2, -0.15) is 0 Å². The Kier molecular flexibility index (Phi) is 3.74. The fourth-order valence-corrected chi connectivity index (χ4v) is 3.13. The zero-order chi connectivity index (χ0) is 15.0. The summed E-state index contributed by atoms with van der Waals surface area (Å²) in [7, 11) is 1.89. The Labute approximate surface area is 128 Å². The molecule has 0 bridgehead atoms. The molecular formula is C16H17ClN2O2. The molecular weight excluding hydrogens is 288 g/mol. The summed E-state index contributed by atoms with van der Waals surface area (Å²) in [6.45, 7) is 2.06. The van der Waals surface area contributed by atoms with Crippen molar-refractivity contribution in [2.24, 2.45) is 0 Å². The van der Waals surface area contributed by atoms with E-state index in [9.17, 15) is 4.79 Å². The maximum atomic E-state index is 11.5. The lowest BCUT2D eigenvalue weighted by Crippen LogP contribution is -2.19. The van der Waals surface area contributed by atoms with Gasteiger partial charge in [0, 0.05) is 22.7 Å². The highest BCUT2D eigenvalue weighted by Gasteiger charge is 2.24. The minimum absolute atomic E-state index is 0.0109. The highest BCUT2D eigenvalue weighted by Crippen LogP contribution is 2.36. The minimum atomic E-state index is -0.0489. The summed E-state index contributed by atoms with van der Waals surface area (Å²) in [6, 6.07) is 5.75. The first-order valence-corrected chi connectivity index (χ1v) is 7.37. The molecule has 0 aliphatic carbocycles. The second-order valence-corrected chi connectivity index (χ2v) is 5.54. The van der Waals surface area contributed by atoms with Crippen molar-refractivity contribution >= 4 is 23.2 Å². The molecule has 4 nitrogen and oxygen atoms in total. The highest BCUT2D eigenvalue weighted by molar-refractivity contribution is 6.32. The number of aryl methyl sites for hydroxylation is 1.